The minimum absolute atomic E-state index is 0.0320. The molecule has 88 valence electrons. The number of pyridine rings is 1. The molecule has 0 aliphatic rings. The molecule has 0 unspecified atom stereocenters. The molecular weight excluding hydrogens is 226 g/mol. The number of carbonyl (C=O) groups is 1. The SMILES string of the molecule is CC(C)NC(=O)CCNc1cccc(Cl)n1. The van der Waals surface area contributed by atoms with Crippen LogP contribution in [0, 0.1) is 0 Å². The van der Waals surface area contributed by atoms with E-state index in [2.05, 4.69) is 15.6 Å². The Kier molecular flexibility index (Phi) is 5.05. The van der Waals surface area contributed by atoms with Crippen molar-refractivity contribution in [2.75, 3.05) is 11.9 Å². The van der Waals surface area contributed by atoms with Crippen molar-refractivity contribution in [2.24, 2.45) is 0 Å². The lowest BCUT2D eigenvalue weighted by Crippen LogP contribution is -2.31. The van der Waals surface area contributed by atoms with Crippen molar-refractivity contribution in [3.8, 4) is 0 Å². The summed E-state index contributed by atoms with van der Waals surface area (Å²) in [7, 11) is 0. The average Bonchev–Trinajstić information content (AvgIpc) is 2.16. The first-order valence-corrected chi connectivity index (χ1v) is 5.61. The van der Waals surface area contributed by atoms with Gasteiger partial charge in [-0.25, -0.2) is 4.98 Å². The highest BCUT2D eigenvalue weighted by atomic mass is 35.5. The van der Waals surface area contributed by atoms with Crippen molar-refractivity contribution >= 4 is 23.3 Å². The predicted molar refractivity (Wildman–Crippen MR) is 65.6 cm³/mol. The molecule has 0 bridgehead atoms. The van der Waals surface area contributed by atoms with Gasteiger partial charge < -0.3 is 10.6 Å². The topological polar surface area (TPSA) is 54.0 Å². The zero-order valence-electron chi connectivity index (χ0n) is 9.46. The smallest absolute Gasteiger partial charge is 0.221 e. The number of anilines is 1. The molecule has 1 aromatic rings. The summed E-state index contributed by atoms with van der Waals surface area (Å²) in [5.41, 5.74) is 0. The Labute approximate surface area is 100 Å². The Morgan fingerprint density at radius 1 is 1.50 bits per heavy atom. The summed E-state index contributed by atoms with van der Waals surface area (Å²) >= 11 is 5.72. The van der Waals surface area contributed by atoms with Crippen molar-refractivity contribution in [3.63, 3.8) is 0 Å². The molecule has 0 atom stereocenters. The standard InChI is InChI=1S/C11H16ClN3O/c1-8(2)14-11(16)6-7-13-10-5-3-4-9(12)15-10/h3-5,8H,6-7H2,1-2H3,(H,13,15)(H,14,16). The van der Waals surface area contributed by atoms with E-state index in [4.69, 9.17) is 11.6 Å². The fraction of sp³-hybridized carbons (Fsp3) is 0.455. The maximum Gasteiger partial charge on any atom is 0.221 e. The van der Waals surface area contributed by atoms with Crippen molar-refractivity contribution in [1.82, 2.24) is 10.3 Å². The van der Waals surface area contributed by atoms with Crippen LogP contribution in [0.1, 0.15) is 20.3 Å². The zero-order chi connectivity index (χ0) is 12.0. The maximum atomic E-state index is 11.3. The van der Waals surface area contributed by atoms with Gasteiger partial charge in [0.25, 0.3) is 0 Å². The Morgan fingerprint density at radius 3 is 2.88 bits per heavy atom. The van der Waals surface area contributed by atoms with E-state index in [0.29, 0.717) is 23.9 Å². The van der Waals surface area contributed by atoms with Crippen LogP contribution in [-0.2, 0) is 4.79 Å². The number of nitrogens with one attached hydrogen (secondary N) is 2. The number of rotatable bonds is 5. The van der Waals surface area contributed by atoms with E-state index in [0.717, 1.165) is 0 Å². The molecule has 0 aromatic carbocycles. The molecule has 0 spiro atoms. The van der Waals surface area contributed by atoms with Gasteiger partial charge in [-0.3, -0.25) is 4.79 Å². The van der Waals surface area contributed by atoms with Gasteiger partial charge >= 0.3 is 0 Å². The molecular formula is C11H16ClN3O. The minimum atomic E-state index is 0.0320. The number of carbonyl (C=O) groups excluding carboxylic acids is 1. The van der Waals surface area contributed by atoms with Gasteiger partial charge in [-0.1, -0.05) is 17.7 Å². The quantitative estimate of drug-likeness (QED) is 0.776. The molecule has 1 rings (SSSR count). The molecule has 0 radical (unpaired) electrons. The second-order valence-electron chi connectivity index (χ2n) is 3.74. The summed E-state index contributed by atoms with van der Waals surface area (Å²) in [4.78, 5) is 15.4. The van der Waals surface area contributed by atoms with Crippen LogP contribution in [0.4, 0.5) is 5.82 Å². The molecule has 1 aromatic heterocycles. The summed E-state index contributed by atoms with van der Waals surface area (Å²) in [5, 5.41) is 6.29. The fourth-order valence-corrected chi connectivity index (χ4v) is 1.37. The lowest BCUT2D eigenvalue weighted by atomic mass is 10.3. The van der Waals surface area contributed by atoms with E-state index in [9.17, 15) is 4.79 Å². The van der Waals surface area contributed by atoms with E-state index in [1.54, 1.807) is 6.07 Å². The molecule has 1 heterocycles. The third-order valence-electron chi connectivity index (χ3n) is 1.82. The van der Waals surface area contributed by atoms with Crippen LogP contribution < -0.4 is 10.6 Å². The van der Waals surface area contributed by atoms with Gasteiger partial charge in [-0.15, -0.1) is 0 Å². The monoisotopic (exact) mass is 241 g/mol. The summed E-state index contributed by atoms with van der Waals surface area (Å²) < 4.78 is 0. The van der Waals surface area contributed by atoms with Crippen LogP contribution in [0.3, 0.4) is 0 Å². The van der Waals surface area contributed by atoms with E-state index >= 15 is 0 Å². The Bertz CT molecular complexity index is 355. The minimum Gasteiger partial charge on any atom is -0.370 e. The summed E-state index contributed by atoms with van der Waals surface area (Å²) in [6.07, 6.45) is 0.423. The van der Waals surface area contributed by atoms with Crippen LogP contribution in [0.15, 0.2) is 18.2 Å². The van der Waals surface area contributed by atoms with Gasteiger partial charge in [0.1, 0.15) is 11.0 Å². The van der Waals surface area contributed by atoms with Gasteiger partial charge in [0.15, 0.2) is 0 Å². The predicted octanol–water partition coefficient (Wildman–Crippen LogP) is 2.06. The highest BCUT2D eigenvalue weighted by Crippen LogP contribution is 2.08. The van der Waals surface area contributed by atoms with E-state index in [-0.39, 0.29) is 11.9 Å². The number of hydrogen-bond donors (Lipinski definition) is 2. The summed E-state index contributed by atoms with van der Waals surface area (Å²) in [6, 6.07) is 5.51. The average molecular weight is 242 g/mol. The van der Waals surface area contributed by atoms with Gasteiger partial charge in [0.05, 0.1) is 0 Å². The number of hydrogen-bond acceptors (Lipinski definition) is 3. The highest BCUT2D eigenvalue weighted by Gasteiger charge is 2.02. The number of amides is 1. The molecule has 0 saturated heterocycles. The zero-order valence-corrected chi connectivity index (χ0v) is 10.2. The largest absolute Gasteiger partial charge is 0.370 e. The first-order valence-electron chi connectivity index (χ1n) is 5.23. The number of halogens is 1. The van der Waals surface area contributed by atoms with Gasteiger partial charge in [0.2, 0.25) is 5.91 Å². The van der Waals surface area contributed by atoms with Crippen LogP contribution in [0.2, 0.25) is 5.15 Å². The molecule has 16 heavy (non-hydrogen) atoms. The molecule has 2 N–H and O–H groups in total. The van der Waals surface area contributed by atoms with Crippen LogP contribution in [0.25, 0.3) is 0 Å². The lowest BCUT2D eigenvalue weighted by Gasteiger charge is -2.09. The van der Waals surface area contributed by atoms with E-state index in [1.165, 1.54) is 0 Å². The fourth-order valence-electron chi connectivity index (χ4n) is 1.20. The van der Waals surface area contributed by atoms with Crippen LogP contribution >= 0.6 is 11.6 Å². The highest BCUT2D eigenvalue weighted by molar-refractivity contribution is 6.29. The van der Waals surface area contributed by atoms with Crippen molar-refractivity contribution < 1.29 is 4.79 Å². The van der Waals surface area contributed by atoms with Gasteiger partial charge in [-0.05, 0) is 26.0 Å². The number of aromatic nitrogens is 1. The van der Waals surface area contributed by atoms with Crippen molar-refractivity contribution in [2.45, 2.75) is 26.3 Å². The Hall–Kier alpha value is -1.29. The second kappa shape index (κ2) is 6.33. The molecule has 0 fully saturated rings. The normalized spacial score (nSPS) is 10.2. The van der Waals surface area contributed by atoms with E-state index in [1.807, 2.05) is 26.0 Å². The third-order valence-corrected chi connectivity index (χ3v) is 2.03. The maximum absolute atomic E-state index is 11.3. The summed E-state index contributed by atoms with van der Waals surface area (Å²) in [6.45, 7) is 4.42. The molecule has 4 nitrogen and oxygen atoms in total. The van der Waals surface area contributed by atoms with Crippen molar-refractivity contribution in [3.05, 3.63) is 23.4 Å². The second-order valence-corrected chi connectivity index (χ2v) is 4.13. The first kappa shape index (κ1) is 12.8. The summed E-state index contributed by atoms with van der Waals surface area (Å²) in [5.74, 6) is 0.717. The lowest BCUT2D eigenvalue weighted by molar-refractivity contribution is -0.121. The van der Waals surface area contributed by atoms with Crippen LogP contribution in [-0.4, -0.2) is 23.5 Å². The number of nitrogens with zero attached hydrogens (tertiary/aromatic N) is 1. The molecule has 0 aliphatic carbocycles. The Morgan fingerprint density at radius 2 is 2.25 bits per heavy atom. The van der Waals surface area contributed by atoms with Gasteiger partial charge in [0, 0.05) is 19.0 Å². The Balaban J connectivity index is 2.28. The van der Waals surface area contributed by atoms with E-state index < -0.39 is 0 Å². The van der Waals surface area contributed by atoms with Crippen LogP contribution in [0.5, 0.6) is 0 Å². The molecule has 0 saturated carbocycles. The van der Waals surface area contributed by atoms with Gasteiger partial charge in [-0.2, -0.15) is 0 Å². The molecule has 0 aliphatic heterocycles. The molecule has 1 amide bonds. The molecule has 5 heteroatoms. The first-order chi connectivity index (χ1) is 7.58. The third kappa shape index (κ3) is 4.98. The van der Waals surface area contributed by atoms with Crippen molar-refractivity contribution in [1.29, 1.82) is 0 Å².